The van der Waals surface area contributed by atoms with E-state index >= 15 is 0 Å². The van der Waals surface area contributed by atoms with Gasteiger partial charge in [-0.25, -0.2) is 0 Å². The van der Waals surface area contributed by atoms with Crippen LogP contribution in [0.2, 0.25) is 58.9 Å². The summed E-state index contributed by atoms with van der Waals surface area (Å²) in [6.07, 6.45) is 0. The Morgan fingerprint density at radius 1 is 0.548 bits per heavy atom. The largest absolute Gasteiger partial charge is 0.627 e. The van der Waals surface area contributed by atoms with Crippen LogP contribution < -0.4 is 0 Å². The first kappa shape index (κ1) is 32.7. The van der Waals surface area contributed by atoms with Crippen LogP contribution in [0.25, 0.3) is 11.5 Å². The molecule has 42 heavy (non-hydrogen) atoms. The minimum atomic E-state index is -3.55. The van der Waals surface area contributed by atoms with Crippen molar-refractivity contribution in [2.45, 2.75) is 97.8 Å². The molecule has 1 aliphatic rings. The predicted octanol–water partition coefficient (Wildman–Crippen LogP) is 10.1. The molecule has 0 spiro atoms. The summed E-state index contributed by atoms with van der Waals surface area (Å²) in [7, 11) is -10.1. The fraction of sp³-hybridized carbons (Fsp3) is 0.429. The van der Waals surface area contributed by atoms with E-state index in [1.165, 1.54) is 33.4 Å². The highest BCUT2D eigenvalue weighted by Gasteiger charge is 2.79. The van der Waals surface area contributed by atoms with Crippen molar-refractivity contribution in [1.29, 1.82) is 0 Å². The molecule has 0 saturated carbocycles. The molecular weight excluding hydrogens is 581 g/mol. The number of rotatable bonds is 8. The third-order valence-electron chi connectivity index (χ3n) is 8.51. The van der Waals surface area contributed by atoms with Gasteiger partial charge in [0, 0.05) is 11.1 Å². The molecule has 3 nitrogen and oxygen atoms in total. The van der Waals surface area contributed by atoms with Gasteiger partial charge in [0.1, 0.15) is 0 Å². The molecule has 1 aliphatic heterocycles. The van der Waals surface area contributed by atoms with Gasteiger partial charge in [0.2, 0.25) is 0 Å². The van der Waals surface area contributed by atoms with Crippen LogP contribution in [0.4, 0.5) is 0 Å². The molecule has 0 aliphatic carbocycles. The summed E-state index contributed by atoms with van der Waals surface area (Å²) in [4.78, 5) is 0. The fourth-order valence-electron chi connectivity index (χ4n) is 7.56. The van der Waals surface area contributed by atoms with E-state index < -0.39 is 33.3 Å². The molecule has 226 valence electrons. The first-order valence-electron chi connectivity index (χ1n) is 15.3. The van der Waals surface area contributed by atoms with Crippen molar-refractivity contribution in [3.8, 4) is 0 Å². The van der Waals surface area contributed by atoms with E-state index in [-0.39, 0.29) is 4.28 Å². The molecule has 0 atom stereocenters. The minimum Gasteiger partial charge on any atom is -0.488 e. The standard InChI is InChI=1S/C35H52O3Si4/c1-25-15-19-30(20-16-25)33-34(31-21-17-26(2)18-22-31)37-42(36-33,38-41(12,13)14)35(39(6,7)8,40(9,10)11)32-28(4)23-27(3)24-29(32)5/h15-24H,1-14H3. The van der Waals surface area contributed by atoms with Crippen molar-refractivity contribution in [2.24, 2.45) is 0 Å². The van der Waals surface area contributed by atoms with E-state index in [2.05, 4.69) is 154 Å². The van der Waals surface area contributed by atoms with Crippen molar-refractivity contribution < 1.29 is 13.0 Å². The second-order valence-electron chi connectivity index (χ2n) is 15.4. The molecule has 0 unspecified atom stereocenters. The molecule has 3 aromatic carbocycles. The van der Waals surface area contributed by atoms with Gasteiger partial charge in [-0.15, -0.1) is 0 Å². The van der Waals surface area contributed by atoms with Gasteiger partial charge in [-0.3, -0.25) is 0 Å². The Labute approximate surface area is 259 Å². The number of benzene rings is 3. The van der Waals surface area contributed by atoms with Gasteiger partial charge in [-0.2, -0.15) is 0 Å². The lowest BCUT2D eigenvalue weighted by molar-refractivity contribution is 0.240. The zero-order valence-corrected chi connectivity index (χ0v) is 32.5. The van der Waals surface area contributed by atoms with Crippen molar-refractivity contribution in [3.63, 3.8) is 0 Å². The SMILES string of the molecule is Cc1ccc(C2=C(c3ccc(C)cc3)O[Si](O[Si](C)(C)C)(C(c3c(C)cc(C)cc3C)([Si](C)(C)C)[Si](C)(C)C)O2)cc1. The lowest BCUT2D eigenvalue weighted by Gasteiger charge is -2.58. The monoisotopic (exact) mass is 632 g/mol. The van der Waals surface area contributed by atoms with Crippen LogP contribution in [0.5, 0.6) is 0 Å². The quantitative estimate of drug-likeness (QED) is 0.231. The Bertz CT molecular complexity index is 1390. The Morgan fingerprint density at radius 2 is 0.905 bits per heavy atom. The minimum absolute atomic E-state index is 0.322. The van der Waals surface area contributed by atoms with Gasteiger partial charge in [0.05, 0.1) is 20.4 Å². The van der Waals surface area contributed by atoms with E-state index in [0.29, 0.717) is 0 Å². The highest BCUT2D eigenvalue weighted by Crippen LogP contribution is 2.58. The third kappa shape index (κ3) is 5.71. The summed E-state index contributed by atoms with van der Waals surface area (Å²) in [5, 5.41) is 0. The molecule has 0 radical (unpaired) electrons. The molecule has 0 bridgehead atoms. The van der Waals surface area contributed by atoms with Crippen LogP contribution >= 0.6 is 0 Å². The maximum atomic E-state index is 7.64. The van der Waals surface area contributed by atoms with E-state index in [4.69, 9.17) is 13.0 Å². The van der Waals surface area contributed by atoms with E-state index in [0.717, 1.165) is 22.6 Å². The Kier molecular flexibility index (Phi) is 8.63. The highest BCUT2D eigenvalue weighted by molar-refractivity contribution is 7.12. The van der Waals surface area contributed by atoms with Gasteiger partial charge in [0.15, 0.2) is 19.8 Å². The van der Waals surface area contributed by atoms with Gasteiger partial charge in [-0.1, -0.05) is 117 Å². The third-order valence-corrected chi connectivity index (χ3v) is 30.0. The zero-order valence-electron chi connectivity index (χ0n) is 28.5. The molecule has 7 heteroatoms. The van der Waals surface area contributed by atoms with Crippen LogP contribution in [0.15, 0.2) is 60.7 Å². The smallest absolute Gasteiger partial charge is 0.488 e. The summed E-state index contributed by atoms with van der Waals surface area (Å²) in [6, 6.07) is 22.1. The topological polar surface area (TPSA) is 27.7 Å². The molecule has 4 rings (SSSR count). The van der Waals surface area contributed by atoms with Gasteiger partial charge in [-0.05, 0) is 71.0 Å². The second kappa shape index (κ2) is 11.1. The van der Waals surface area contributed by atoms with Gasteiger partial charge >= 0.3 is 8.80 Å². The molecule has 0 aromatic heterocycles. The normalized spacial score (nSPS) is 16.0. The molecule has 0 saturated heterocycles. The maximum Gasteiger partial charge on any atom is 0.627 e. The van der Waals surface area contributed by atoms with Crippen LogP contribution in [-0.4, -0.2) is 33.3 Å². The van der Waals surface area contributed by atoms with Crippen LogP contribution in [-0.2, 0) is 17.3 Å². The number of aryl methyl sites for hydroxylation is 5. The Morgan fingerprint density at radius 3 is 1.21 bits per heavy atom. The molecule has 0 N–H and O–H groups in total. The summed E-state index contributed by atoms with van der Waals surface area (Å²) >= 11 is 0. The predicted molar refractivity (Wildman–Crippen MR) is 191 cm³/mol. The van der Waals surface area contributed by atoms with Crippen molar-refractivity contribution in [1.82, 2.24) is 0 Å². The zero-order chi connectivity index (χ0) is 31.5. The average molecular weight is 633 g/mol. The molecular formula is C35H52O3Si4. The second-order valence-corrected chi connectivity index (χ2v) is 34.7. The molecule has 0 fully saturated rings. The summed E-state index contributed by atoms with van der Waals surface area (Å²) < 4.78 is 22.6. The fourth-order valence-corrected chi connectivity index (χ4v) is 33.9. The summed E-state index contributed by atoms with van der Waals surface area (Å²) in [5.74, 6) is 1.65. The van der Waals surface area contributed by atoms with E-state index in [1.54, 1.807) is 0 Å². The van der Waals surface area contributed by atoms with Crippen LogP contribution in [0, 0.1) is 34.6 Å². The first-order chi connectivity index (χ1) is 19.2. The summed E-state index contributed by atoms with van der Waals surface area (Å²) in [5.41, 5.74) is 9.91. The maximum absolute atomic E-state index is 7.64. The average Bonchev–Trinajstić information content (AvgIpc) is 3.19. The van der Waals surface area contributed by atoms with E-state index in [9.17, 15) is 0 Å². The molecule has 0 amide bonds. The van der Waals surface area contributed by atoms with Crippen molar-refractivity contribution >= 4 is 44.8 Å². The van der Waals surface area contributed by atoms with Gasteiger partial charge in [0.25, 0.3) is 0 Å². The molecule has 1 heterocycles. The van der Waals surface area contributed by atoms with Crippen molar-refractivity contribution in [3.05, 3.63) is 105 Å². The Hall–Kier alpha value is -2.17. The lowest BCUT2D eigenvalue weighted by Crippen LogP contribution is -2.81. The first-order valence-corrected chi connectivity index (χ1v) is 27.4. The Balaban J connectivity index is 2.17. The number of hydrogen-bond acceptors (Lipinski definition) is 3. The van der Waals surface area contributed by atoms with Crippen LogP contribution in [0.3, 0.4) is 0 Å². The van der Waals surface area contributed by atoms with Crippen LogP contribution in [0.1, 0.15) is 44.5 Å². The molecule has 3 aromatic rings. The van der Waals surface area contributed by atoms with Crippen molar-refractivity contribution in [2.75, 3.05) is 0 Å². The van der Waals surface area contributed by atoms with Gasteiger partial charge < -0.3 is 13.0 Å². The lowest BCUT2D eigenvalue weighted by atomic mass is 10.0. The highest BCUT2D eigenvalue weighted by atomic mass is 28.5. The van der Waals surface area contributed by atoms with E-state index in [1.807, 2.05) is 0 Å². The summed E-state index contributed by atoms with van der Waals surface area (Å²) in [6.45, 7) is 33.1. The number of hydrogen-bond donors (Lipinski definition) is 0.